The number of rotatable bonds is 2. The Labute approximate surface area is 75.9 Å². The molecule has 0 bridgehead atoms. The Morgan fingerprint density at radius 3 is 2.08 bits per heavy atom. The maximum atomic E-state index is 3.54. The Kier molecular flexibility index (Phi) is 2.16. The molecular formula is C11H21N. The van der Waals surface area contributed by atoms with Gasteiger partial charge in [-0.15, -0.1) is 0 Å². The third-order valence-electron chi connectivity index (χ3n) is 4.08. The fourth-order valence-corrected chi connectivity index (χ4v) is 2.81. The standard InChI is InChI=1S/C11H21N/c1-9-3-5-10(6-4-9)11(12-2)7-8-11/h9-10,12H,3-8H2,1-2H3. The molecule has 12 heavy (non-hydrogen) atoms. The van der Waals surface area contributed by atoms with E-state index >= 15 is 0 Å². The quantitative estimate of drug-likeness (QED) is 0.666. The highest BCUT2D eigenvalue weighted by molar-refractivity contribution is 5.06. The van der Waals surface area contributed by atoms with Crippen LogP contribution in [0, 0.1) is 11.8 Å². The average molecular weight is 167 g/mol. The predicted molar refractivity (Wildman–Crippen MR) is 52.1 cm³/mol. The minimum absolute atomic E-state index is 0.597. The van der Waals surface area contributed by atoms with E-state index in [1.54, 1.807) is 0 Å². The van der Waals surface area contributed by atoms with E-state index in [1.165, 1.54) is 38.5 Å². The molecule has 1 N–H and O–H groups in total. The summed E-state index contributed by atoms with van der Waals surface area (Å²) in [6, 6.07) is 0. The van der Waals surface area contributed by atoms with Gasteiger partial charge >= 0.3 is 0 Å². The van der Waals surface area contributed by atoms with Gasteiger partial charge in [-0.2, -0.15) is 0 Å². The number of nitrogens with one attached hydrogen (secondary N) is 1. The molecule has 2 rings (SSSR count). The van der Waals surface area contributed by atoms with E-state index in [0.29, 0.717) is 5.54 Å². The van der Waals surface area contributed by atoms with Crippen LogP contribution in [0.5, 0.6) is 0 Å². The van der Waals surface area contributed by atoms with E-state index in [1.807, 2.05) is 0 Å². The van der Waals surface area contributed by atoms with Crippen molar-refractivity contribution in [2.24, 2.45) is 11.8 Å². The second-order valence-electron chi connectivity index (χ2n) is 4.86. The Morgan fingerprint density at radius 2 is 1.67 bits per heavy atom. The molecule has 2 aliphatic rings. The van der Waals surface area contributed by atoms with Crippen LogP contribution >= 0.6 is 0 Å². The lowest BCUT2D eigenvalue weighted by atomic mass is 9.78. The molecule has 2 aliphatic carbocycles. The van der Waals surface area contributed by atoms with Gasteiger partial charge in [0.25, 0.3) is 0 Å². The van der Waals surface area contributed by atoms with Gasteiger partial charge < -0.3 is 5.32 Å². The molecule has 1 heteroatoms. The van der Waals surface area contributed by atoms with E-state index < -0.39 is 0 Å². The highest BCUT2D eigenvalue weighted by Gasteiger charge is 2.48. The van der Waals surface area contributed by atoms with Gasteiger partial charge in [-0.3, -0.25) is 0 Å². The van der Waals surface area contributed by atoms with Crippen LogP contribution < -0.4 is 5.32 Å². The van der Waals surface area contributed by atoms with E-state index in [4.69, 9.17) is 0 Å². The van der Waals surface area contributed by atoms with Crippen LogP contribution in [0.4, 0.5) is 0 Å². The van der Waals surface area contributed by atoms with Gasteiger partial charge in [0.1, 0.15) is 0 Å². The van der Waals surface area contributed by atoms with Gasteiger partial charge in [0.05, 0.1) is 0 Å². The average Bonchev–Trinajstić information content (AvgIpc) is 2.86. The van der Waals surface area contributed by atoms with Crippen LogP contribution in [-0.2, 0) is 0 Å². The van der Waals surface area contributed by atoms with Crippen molar-refractivity contribution in [2.45, 2.75) is 51.0 Å². The predicted octanol–water partition coefficient (Wildman–Crippen LogP) is 2.56. The van der Waals surface area contributed by atoms with Crippen molar-refractivity contribution in [3.05, 3.63) is 0 Å². The van der Waals surface area contributed by atoms with Gasteiger partial charge in [-0.1, -0.05) is 19.8 Å². The lowest BCUT2D eigenvalue weighted by Gasteiger charge is -2.32. The van der Waals surface area contributed by atoms with Crippen molar-refractivity contribution >= 4 is 0 Å². The maximum Gasteiger partial charge on any atom is 0.0208 e. The Hall–Kier alpha value is -0.0400. The second kappa shape index (κ2) is 3.02. The molecule has 0 unspecified atom stereocenters. The number of hydrogen-bond donors (Lipinski definition) is 1. The normalized spacial score (nSPS) is 39.5. The van der Waals surface area contributed by atoms with Gasteiger partial charge in [-0.25, -0.2) is 0 Å². The summed E-state index contributed by atoms with van der Waals surface area (Å²) in [5.74, 6) is 1.99. The summed E-state index contributed by atoms with van der Waals surface area (Å²) in [5.41, 5.74) is 0.597. The Morgan fingerprint density at radius 1 is 1.08 bits per heavy atom. The second-order valence-corrected chi connectivity index (χ2v) is 4.86. The molecule has 0 atom stereocenters. The summed E-state index contributed by atoms with van der Waals surface area (Å²) < 4.78 is 0. The van der Waals surface area contributed by atoms with E-state index in [-0.39, 0.29) is 0 Å². The zero-order valence-corrected chi connectivity index (χ0v) is 8.40. The van der Waals surface area contributed by atoms with Gasteiger partial charge in [-0.05, 0) is 44.6 Å². The van der Waals surface area contributed by atoms with Crippen LogP contribution in [0.2, 0.25) is 0 Å². The summed E-state index contributed by atoms with van der Waals surface area (Å²) in [6.07, 6.45) is 8.75. The van der Waals surface area contributed by atoms with Crippen LogP contribution in [0.3, 0.4) is 0 Å². The monoisotopic (exact) mass is 167 g/mol. The van der Waals surface area contributed by atoms with Crippen LogP contribution in [0.25, 0.3) is 0 Å². The molecule has 0 spiro atoms. The Balaban J connectivity index is 1.89. The molecule has 0 heterocycles. The first-order valence-corrected chi connectivity index (χ1v) is 5.46. The third-order valence-corrected chi connectivity index (χ3v) is 4.08. The van der Waals surface area contributed by atoms with Crippen molar-refractivity contribution in [1.82, 2.24) is 5.32 Å². The van der Waals surface area contributed by atoms with Crippen LogP contribution in [0.15, 0.2) is 0 Å². The van der Waals surface area contributed by atoms with Gasteiger partial charge in [0.2, 0.25) is 0 Å². The van der Waals surface area contributed by atoms with Crippen molar-refractivity contribution in [2.75, 3.05) is 7.05 Å². The summed E-state index contributed by atoms with van der Waals surface area (Å²) in [7, 11) is 2.14. The van der Waals surface area contributed by atoms with Crippen molar-refractivity contribution < 1.29 is 0 Å². The summed E-state index contributed by atoms with van der Waals surface area (Å²) >= 11 is 0. The number of hydrogen-bond acceptors (Lipinski definition) is 1. The largest absolute Gasteiger partial charge is 0.314 e. The molecule has 0 radical (unpaired) electrons. The van der Waals surface area contributed by atoms with Gasteiger partial charge in [0, 0.05) is 5.54 Å². The van der Waals surface area contributed by atoms with Crippen LogP contribution in [0.1, 0.15) is 45.4 Å². The van der Waals surface area contributed by atoms with E-state index in [0.717, 1.165) is 11.8 Å². The minimum Gasteiger partial charge on any atom is -0.314 e. The molecule has 1 nitrogen and oxygen atoms in total. The lowest BCUT2D eigenvalue weighted by molar-refractivity contribution is 0.223. The van der Waals surface area contributed by atoms with E-state index in [2.05, 4.69) is 19.3 Å². The summed E-state index contributed by atoms with van der Waals surface area (Å²) in [6.45, 7) is 2.40. The summed E-state index contributed by atoms with van der Waals surface area (Å²) in [4.78, 5) is 0. The zero-order valence-electron chi connectivity index (χ0n) is 8.40. The summed E-state index contributed by atoms with van der Waals surface area (Å²) in [5, 5.41) is 3.54. The molecule has 0 amide bonds. The first-order chi connectivity index (χ1) is 5.77. The van der Waals surface area contributed by atoms with Crippen molar-refractivity contribution in [1.29, 1.82) is 0 Å². The minimum atomic E-state index is 0.597. The third kappa shape index (κ3) is 1.39. The highest BCUT2D eigenvalue weighted by Crippen LogP contribution is 2.48. The highest BCUT2D eigenvalue weighted by atomic mass is 15.0. The molecule has 2 fully saturated rings. The maximum absolute atomic E-state index is 3.54. The molecule has 0 saturated heterocycles. The van der Waals surface area contributed by atoms with Crippen LogP contribution in [-0.4, -0.2) is 12.6 Å². The zero-order chi connectivity index (χ0) is 8.60. The van der Waals surface area contributed by atoms with Gasteiger partial charge in [0.15, 0.2) is 0 Å². The van der Waals surface area contributed by atoms with Crippen molar-refractivity contribution in [3.63, 3.8) is 0 Å². The molecule has 0 aromatic carbocycles. The molecule has 0 aliphatic heterocycles. The Bertz CT molecular complexity index is 152. The first-order valence-electron chi connectivity index (χ1n) is 5.46. The lowest BCUT2D eigenvalue weighted by Crippen LogP contribution is -2.37. The SMILES string of the molecule is CNC1(C2CCC(C)CC2)CC1. The fraction of sp³-hybridized carbons (Fsp3) is 1.00. The molecule has 2 saturated carbocycles. The van der Waals surface area contributed by atoms with Crippen molar-refractivity contribution in [3.8, 4) is 0 Å². The smallest absolute Gasteiger partial charge is 0.0208 e. The molecular weight excluding hydrogens is 146 g/mol. The first kappa shape index (κ1) is 8.55. The molecule has 0 aromatic rings. The fourth-order valence-electron chi connectivity index (χ4n) is 2.81. The molecule has 0 aromatic heterocycles. The topological polar surface area (TPSA) is 12.0 Å². The molecule has 70 valence electrons. The van der Waals surface area contributed by atoms with E-state index in [9.17, 15) is 0 Å².